The van der Waals surface area contributed by atoms with Gasteiger partial charge in [0.1, 0.15) is 0 Å². The quantitative estimate of drug-likeness (QED) is 0.846. The number of hydrogen-bond acceptors (Lipinski definition) is 3. The summed E-state index contributed by atoms with van der Waals surface area (Å²) in [4.78, 5) is 7.82. The van der Waals surface area contributed by atoms with Gasteiger partial charge in [0.15, 0.2) is 10.4 Å². The number of imidazole rings is 1. The van der Waals surface area contributed by atoms with Crippen molar-refractivity contribution >= 4 is 23.4 Å². The number of aryl methyl sites for hydroxylation is 1. The lowest BCUT2D eigenvalue weighted by Gasteiger charge is -2.20. The Morgan fingerprint density at radius 2 is 2.39 bits per heavy atom. The monoisotopic (exact) mass is 263 g/mol. The fraction of sp³-hybridized carbons (Fsp3) is 0.538. The Hall–Kier alpha value is -1.20. The first kappa shape index (κ1) is 11.9. The van der Waals surface area contributed by atoms with E-state index in [9.17, 15) is 0 Å². The third-order valence-electron chi connectivity index (χ3n) is 3.61. The summed E-state index contributed by atoms with van der Waals surface area (Å²) >= 11 is 5.42. The Balaban J connectivity index is 2.12. The molecule has 1 N–H and O–H groups in total. The molecule has 2 aromatic heterocycles. The van der Waals surface area contributed by atoms with E-state index < -0.39 is 0 Å². The summed E-state index contributed by atoms with van der Waals surface area (Å²) in [5.74, 6) is 0. The highest BCUT2D eigenvalue weighted by molar-refractivity contribution is 7.71. The van der Waals surface area contributed by atoms with E-state index in [0.29, 0.717) is 0 Å². The van der Waals surface area contributed by atoms with Crippen LogP contribution in [-0.4, -0.2) is 27.2 Å². The molecular weight excluding hydrogens is 246 g/mol. The molecule has 96 valence electrons. The molecule has 1 saturated heterocycles. The molecule has 0 aliphatic carbocycles. The van der Waals surface area contributed by atoms with Crippen molar-refractivity contribution in [3.8, 4) is 0 Å². The van der Waals surface area contributed by atoms with Gasteiger partial charge in [-0.15, -0.1) is 0 Å². The number of rotatable bonds is 2. The van der Waals surface area contributed by atoms with Gasteiger partial charge >= 0.3 is 0 Å². The molecule has 0 spiro atoms. The van der Waals surface area contributed by atoms with Gasteiger partial charge in [0.05, 0.1) is 17.7 Å². The molecule has 2 aromatic rings. The van der Waals surface area contributed by atoms with E-state index in [1.807, 2.05) is 19.1 Å². The van der Waals surface area contributed by atoms with E-state index in [-0.39, 0.29) is 12.1 Å². The maximum absolute atomic E-state index is 5.76. The first-order chi connectivity index (χ1) is 8.66. The van der Waals surface area contributed by atoms with Crippen LogP contribution < -0.4 is 0 Å². The van der Waals surface area contributed by atoms with Gasteiger partial charge in [-0.1, -0.05) is 0 Å². The van der Waals surface area contributed by atoms with Gasteiger partial charge in [-0.05, 0) is 51.0 Å². The molecule has 0 saturated carbocycles. The Morgan fingerprint density at radius 1 is 1.56 bits per heavy atom. The molecule has 0 radical (unpaired) electrons. The van der Waals surface area contributed by atoms with Crippen LogP contribution in [0.15, 0.2) is 12.1 Å². The molecule has 1 aliphatic heterocycles. The normalized spacial score (nSPS) is 21.6. The van der Waals surface area contributed by atoms with Gasteiger partial charge < -0.3 is 9.72 Å². The number of nitrogens with zero attached hydrogens (tertiary/aromatic N) is 2. The number of nitrogens with one attached hydrogen (secondary N) is 1. The Bertz CT molecular complexity index is 625. The minimum Gasteiger partial charge on any atom is -0.376 e. The first-order valence-corrected chi connectivity index (χ1v) is 6.77. The molecule has 3 rings (SSSR count). The summed E-state index contributed by atoms with van der Waals surface area (Å²) < 4.78 is 8.58. The van der Waals surface area contributed by atoms with Gasteiger partial charge in [0.2, 0.25) is 0 Å². The van der Waals surface area contributed by atoms with Crippen LogP contribution in [0.2, 0.25) is 0 Å². The zero-order valence-corrected chi connectivity index (χ0v) is 11.5. The van der Waals surface area contributed by atoms with Crippen molar-refractivity contribution in [3.05, 3.63) is 22.6 Å². The minimum atomic E-state index is 0.225. The summed E-state index contributed by atoms with van der Waals surface area (Å²) in [7, 11) is 0. The number of aromatic nitrogens is 3. The van der Waals surface area contributed by atoms with Gasteiger partial charge in [-0.3, -0.25) is 4.57 Å². The minimum absolute atomic E-state index is 0.225. The molecule has 2 unspecified atom stereocenters. The van der Waals surface area contributed by atoms with Crippen molar-refractivity contribution in [2.45, 2.75) is 38.8 Å². The average Bonchev–Trinajstić information content (AvgIpc) is 2.94. The number of hydrogen-bond donors (Lipinski definition) is 1. The highest BCUT2D eigenvalue weighted by Gasteiger charge is 2.25. The van der Waals surface area contributed by atoms with E-state index in [4.69, 9.17) is 17.0 Å². The maximum Gasteiger partial charge on any atom is 0.179 e. The van der Waals surface area contributed by atoms with Crippen LogP contribution in [0.5, 0.6) is 0 Å². The Morgan fingerprint density at radius 3 is 3.11 bits per heavy atom. The van der Waals surface area contributed by atoms with E-state index in [2.05, 4.69) is 21.5 Å². The fourth-order valence-electron chi connectivity index (χ4n) is 2.62. The summed E-state index contributed by atoms with van der Waals surface area (Å²) in [6.07, 6.45) is 2.48. The number of ether oxygens (including phenoxy) is 1. The van der Waals surface area contributed by atoms with Crippen LogP contribution >= 0.6 is 12.2 Å². The second-order valence-electron chi connectivity index (χ2n) is 4.92. The van der Waals surface area contributed by atoms with Gasteiger partial charge in [0, 0.05) is 12.3 Å². The molecule has 0 aromatic carbocycles. The summed E-state index contributed by atoms with van der Waals surface area (Å²) in [6.45, 7) is 5.01. The second kappa shape index (κ2) is 4.48. The number of pyridine rings is 1. The van der Waals surface area contributed by atoms with Crippen molar-refractivity contribution in [1.29, 1.82) is 0 Å². The molecule has 18 heavy (non-hydrogen) atoms. The number of aromatic amines is 1. The largest absolute Gasteiger partial charge is 0.376 e. The lowest BCUT2D eigenvalue weighted by atomic mass is 10.1. The zero-order chi connectivity index (χ0) is 12.7. The number of H-pyrrole nitrogens is 1. The van der Waals surface area contributed by atoms with E-state index in [1.54, 1.807) is 0 Å². The highest BCUT2D eigenvalue weighted by atomic mass is 32.1. The predicted octanol–water partition coefficient (Wildman–Crippen LogP) is 3.14. The van der Waals surface area contributed by atoms with Crippen LogP contribution in [0.1, 0.15) is 31.5 Å². The third-order valence-corrected chi connectivity index (χ3v) is 3.91. The van der Waals surface area contributed by atoms with E-state index in [0.717, 1.165) is 41.1 Å². The van der Waals surface area contributed by atoms with Gasteiger partial charge in [-0.25, -0.2) is 4.98 Å². The summed E-state index contributed by atoms with van der Waals surface area (Å²) in [6, 6.07) is 4.25. The molecular formula is C13H17N3OS. The maximum atomic E-state index is 5.76. The molecule has 0 bridgehead atoms. The van der Waals surface area contributed by atoms with Crippen LogP contribution in [0, 0.1) is 11.7 Å². The molecule has 1 aliphatic rings. The molecule has 0 amide bonds. The van der Waals surface area contributed by atoms with E-state index in [1.165, 1.54) is 0 Å². The molecule has 4 nitrogen and oxygen atoms in total. The predicted molar refractivity (Wildman–Crippen MR) is 73.3 cm³/mol. The molecule has 5 heteroatoms. The smallest absolute Gasteiger partial charge is 0.179 e. The van der Waals surface area contributed by atoms with Gasteiger partial charge in [0.25, 0.3) is 0 Å². The molecule has 3 heterocycles. The van der Waals surface area contributed by atoms with Crippen molar-refractivity contribution in [2.75, 3.05) is 6.61 Å². The summed E-state index contributed by atoms with van der Waals surface area (Å²) in [5, 5.41) is 0. The standard InChI is InChI=1S/C13H17N3OS/c1-8-5-6-10-12(14-8)16(13(18)15-10)9(2)11-4-3-7-17-11/h5-6,9,11H,3-4,7H2,1-2H3,(H,15,18). The SMILES string of the molecule is Cc1ccc2[nH]c(=S)n(C(C)C3CCCO3)c2n1. The van der Waals surface area contributed by atoms with Crippen LogP contribution in [0.4, 0.5) is 0 Å². The van der Waals surface area contributed by atoms with Crippen LogP contribution in [0.3, 0.4) is 0 Å². The number of fused-ring (bicyclic) bond motifs is 1. The third kappa shape index (κ3) is 1.87. The molecule has 2 atom stereocenters. The topological polar surface area (TPSA) is 42.8 Å². The van der Waals surface area contributed by atoms with Crippen molar-refractivity contribution in [3.63, 3.8) is 0 Å². The zero-order valence-electron chi connectivity index (χ0n) is 10.6. The summed E-state index contributed by atoms with van der Waals surface area (Å²) in [5.41, 5.74) is 2.93. The average molecular weight is 263 g/mol. The Kier molecular flexibility index (Phi) is 2.95. The molecule has 1 fully saturated rings. The van der Waals surface area contributed by atoms with Crippen molar-refractivity contribution < 1.29 is 4.74 Å². The second-order valence-corrected chi connectivity index (χ2v) is 5.30. The Labute approximate surface area is 111 Å². The highest BCUT2D eigenvalue weighted by Crippen LogP contribution is 2.27. The lowest BCUT2D eigenvalue weighted by molar-refractivity contribution is 0.0739. The van der Waals surface area contributed by atoms with Crippen LogP contribution in [0.25, 0.3) is 11.2 Å². The fourth-order valence-corrected chi connectivity index (χ4v) is 2.99. The van der Waals surface area contributed by atoms with Crippen molar-refractivity contribution in [1.82, 2.24) is 14.5 Å². The first-order valence-electron chi connectivity index (χ1n) is 6.36. The van der Waals surface area contributed by atoms with Gasteiger partial charge in [-0.2, -0.15) is 0 Å². The van der Waals surface area contributed by atoms with E-state index >= 15 is 0 Å². The lowest BCUT2D eigenvalue weighted by Crippen LogP contribution is -2.21. The van der Waals surface area contributed by atoms with Crippen molar-refractivity contribution in [2.24, 2.45) is 0 Å². The van der Waals surface area contributed by atoms with Crippen LogP contribution in [-0.2, 0) is 4.74 Å².